The molecule has 0 saturated heterocycles. The Hall–Kier alpha value is -6.29. The lowest BCUT2D eigenvalue weighted by Gasteiger charge is -2.47. The summed E-state index contributed by atoms with van der Waals surface area (Å²) in [6.07, 6.45) is 0. The fraction of sp³-hybridized carbons (Fsp3) is 0.271. The molecule has 3 aliphatic heterocycles. The van der Waals surface area contributed by atoms with Crippen LogP contribution in [0.2, 0.25) is 0 Å². The van der Waals surface area contributed by atoms with E-state index in [9.17, 15) is 5.26 Å². The highest BCUT2D eigenvalue weighted by molar-refractivity contribution is 7.25. The maximum atomic E-state index is 11.1. The van der Waals surface area contributed by atoms with Gasteiger partial charge in [-0.15, -0.1) is 11.3 Å². The van der Waals surface area contributed by atoms with Crippen LogP contribution in [0.3, 0.4) is 0 Å². The Morgan fingerprint density at radius 1 is 0.477 bits per heavy atom. The van der Waals surface area contributed by atoms with Crippen LogP contribution >= 0.6 is 11.3 Å². The van der Waals surface area contributed by atoms with Crippen molar-refractivity contribution in [2.45, 2.75) is 105 Å². The van der Waals surface area contributed by atoms with E-state index in [-0.39, 0.29) is 28.4 Å². The molecule has 0 bridgehead atoms. The van der Waals surface area contributed by atoms with Gasteiger partial charge in [-0.1, -0.05) is 126 Å². The van der Waals surface area contributed by atoms with Crippen molar-refractivity contribution in [1.82, 2.24) is 4.57 Å². The number of hydrogen-bond donors (Lipinski definition) is 0. The van der Waals surface area contributed by atoms with Gasteiger partial charge in [0.1, 0.15) is 0 Å². The second-order valence-electron chi connectivity index (χ2n) is 23.1. The van der Waals surface area contributed by atoms with E-state index in [1.807, 2.05) is 11.3 Å². The first kappa shape index (κ1) is 40.2. The SMILES string of the molecule is CC(C)(C)c1ccc2c(c1)B1c3cc(C(C)(C)C)cc4c3N(c3cc(C#N)cc(c31)N2c1ccc2sc3ccccc3c2c1)c1cc(C(C)(C)C)cc2c3cc(C(C)(C)C)ccc3n-4c12. The first-order chi connectivity index (χ1) is 30.7. The van der Waals surface area contributed by atoms with Gasteiger partial charge in [-0.05, 0) is 133 Å². The molecule has 5 heterocycles. The molecule has 65 heavy (non-hydrogen) atoms. The number of nitrogens with zero attached hydrogens (tertiary/aromatic N) is 4. The molecule has 0 unspecified atom stereocenters. The van der Waals surface area contributed by atoms with Crippen molar-refractivity contribution in [1.29, 1.82) is 5.26 Å². The molecule has 0 aliphatic carbocycles. The number of rotatable bonds is 1. The van der Waals surface area contributed by atoms with Gasteiger partial charge in [0.25, 0.3) is 6.71 Å². The molecule has 0 amide bonds. The largest absolute Gasteiger partial charge is 0.311 e. The van der Waals surface area contributed by atoms with Gasteiger partial charge in [0, 0.05) is 53.7 Å². The van der Waals surface area contributed by atoms with Crippen molar-refractivity contribution in [3.63, 3.8) is 0 Å². The molecule has 320 valence electrons. The van der Waals surface area contributed by atoms with Crippen LogP contribution in [-0.4, -0.2) is 11.3 Å². The third-order valence-corrected chi connectivity index (χ3v) is 15.8. The summed E-state index contributed by atoms with van der Waals surface area (Å²) in [6, 6.07) is 47.1. The highest BCUT2D eigenvalue weighted by Crippen LogP contribution is 2.55. The molecule has 0 spiro atoms. The second kappa shape index (κ2) is 13.0. The molecule has 0 fully saturated rings. The van der Waals surface area contributed by atoms with E-state index in [1.54, 1.807) is 0 Å². The molecule has 0 atom stereocenters. The van der Waals surface area contributed by atoms with Crippen LogP contribution in [0, 0.1) is 11.3 Å². The fourth-order valence-electron chi connectivity index (χ4n) is 11.1. The zero-order valence-electron chi connectivity index (χ0n) is 39.7. The van der Waals surface area contributed by atoms with Crippen molar-refractivity contribution >= 4 is 111 Å². The Kier molecular flexibility index (Phi) is 8.02. The summed E-state index contributed by atoms with van der Waals surface area (Å²) >= 11 is 1.85. The van der Waals surface area contributed by atoms with Gasteiger partial charge >= 0.3 is 0 Å². The van der Waals surface area contributed by atoms with Crippen molar-refractivity contribution in [3.8, 4) is 11.8 Å². The maximum absolute atomic E-state index is 11.1. The normalized spacial score (nSPS) is 14.4. The van der Waals surface area contributed by atoms with E-state index in [2.05, 4.69) is 219 Å². The molecule has 3 aliphatic rings. The van der Waals surface area contributed by atoms with Crippen molar-refractivity contribution in [2.75, 3.05) is 9.80 Å². The number of anilines is 6. The average Bonchev–Trinajstić information content (AvgIpc) is 3.79. The highest BCUT2D eigenvalue weighted by atomic mass is 32.1. The summed E-state index contributed by atoms with van der Waals surface area (Å²) in [7, 11) is 0. The lowest BCUT2D eigenvalue weighted by Crippen LogP contribution is -2.62. The third-order valence-electron chi connectivity index (χ3n) is 14.7. The van der Waals surface area contributed by atoms with E-state index < -0.39 is 0 Å². The number of aromatic nitrogens is 1. The minimum atomic E-state index is -0.127. The smallest absolute Gasteiger partial charge is 0.252 e. The van der Waals surface area contributed by atoms with Gasteiger partial charge in [0.2, 0.25) is 0 Å². The summed E-state index contributed by atoms with van der Waals surface area (Å²) in [5, 5.41) is 16.1. The van der Waals surface area contributed by atoms with Crippen LogP contribution in [-0.2, 0) is 21.7 Å². The van der Waals surface area contributed by atoms with Crippen LogP contribution < -0.4 is 26.2 Å². The van der Waals surface area contributed by atoms with E-state index in [0.717, 1.165) is 22.7 Å². The Morgan fingerprint density at radius 2 is 1.08 bits per heavy atom. The van der Waals surface area contributed by atoms with Crippen LogP contribution in [0.15, 0.2) is 115 Å². The zero-order valence-corrected chi connectivity index (χ0v) is 40.6. The number of nitriles is 1. The predicted molar refractivity (Wildman–Crippen MR) is 281 cm³/mol. The lowest BCUT2D eigenvalue weighted by atomic mass is 9.33. The highest BCUT2D eigenvalue weighted by Gasteiger charge is 2.47. The monoisotopic (exact) mass is 862 g/mol. The zero-order chi connectivity index (χ0) is 45.4. The predicted octanol–water partition coefficient (Wildman–Crippen LogP) is 14.6. The van der Waals surface area contributed by atoms with Crippen molar-refractivity contribution < 1.29 is 0 Å². The van der Waals surface area contributed by atoms with Gasteiger partial charge in [0.05, 0.1) is 39.7 Å². The number of benzene rings is 7. The molecular formula is C59H55BN4S. The summed E-state index contributed by atoms with van der Waals surface area (Å²) in [4.78, 5) is 5.04. The lowest BCUT2D eigenvalue weighted by molar-refractivity contribution is 0.590. The first-order valence-electron chi connectivity index (χ1n) is 23.3. The third kappa shape index (κ3) is 5.67. The molecule has 0 N–H and O–H groups in total. The van der Waals surface area contributed by atoms with Gasteiger partial charge in [-0.2, -0.15) is 5.26 Å². The summed E-state index contributed by atoms with van der Waals surface area (Å²) in [6.45, 7) is 27.9. The van der Waals surface area contributed by atoms with Gasteiger partial charge in [0.15, 0.2) is 0 Å². The fourth-order valence-corrected chi connectivity index (χ4v) is 12.2. The Labute approximate surface area is 387 Å². The van der Waals surface area contributed by atoms with Gasteiger partial charge < -0.3 is 14.4 Å². The number of thiophene rings is 1. The van der Waals surface area contributed by atoms with Crippen molar-refractivity contribution in [2.24, 2.45) is 0 Å². The standard InChI is InChI=1S/C59H55BN4S/c1-56(2,3)34-17-20-45-40(25-34)42-26-36(58(7,8)9)29-49-54(42)63(45)50-30-37(59(10,11)12)28-44-55(50)64(49)48-24-33(32-61)23-47-53(48)60(44)43-27-35(57(4,5)6)18-21-46(43)62(47)38-19-22-52-41(31-38)39-15-13-14-16-51(39)65-52/h13-31H,1-12H3. The van der Waals surface area contributed by atoms with Crippen LogP contribution in [0.1, 0.15) is 111 Å². The molecule has 4 nitrogen and oxygen atoms in total. The molecule has 9 aromatic rings. The summed E-state index contributed by atoms with van der Waals surface area (Å²) < 4.78 is 5.16. The van der Waals surface area contributed by atoms with E-state index in [4.69, 9.17) is 0 Å². The molecule has 12 rings (SSSR count). The van der Waals surface area contributed by atoms with Crippen LogP contribution in [0.4, 0.5) is 34.1 Å². The van der Waals surface area contributed by atoms with Gasteiger partial charge in [-0.25, -0.2) is 0 Å². The first-order valence-corrected chi connectivity index (χ1v) is 24.1. The maximum Gasteiger partial charge on any atom is 0.252 e. The number of hydrogen-bond acceptors (Lipinski definition) is 4. The van der Waals surface area contributed by atoms with Crippen LogP contribution in [0.25, 0.3) is 47.7 Å². The van der Waals surface area contributed by atoms with E-state index in [0.29, 0.717) is 5.56 Å². The molecule has 6 heteroatoms. The van der Waals surface area contributed by atoms with Crippen LogP contribution in [0.5, 0.6) is 0 Å². The quantitative estimate of drug-likeness (QED) is 0.154. The van der Waals surface area contributed by atoms with Gasteiger partial charge in [-0.3, -0.25) is 0 Å². The topological polar surface area (TPSA) is 35.2 Å². The van der Waals surface area contributed by atoms with Crippen molar-refractivity contribution in [3.05, 3.63) is 143 Å². The Balaban J connectivity index is 1.26. The molecule has 0 radical (unpaired) electrons. The molecular weight excluding hydrogens is 808 g/mol. The minimum absolute atomic E-state index is 0.00949. The van der Waals surface area contributed by atoms with E-state index in [1.165, 1.54) is 97.7 Å². The summed E-state index contributed by atoms with van der Waals surface area (Å²) in [5.74, 6) is 0. The average molecular weight is 863 g/mol. The second-order valence-corrected chi connectivity index (χ2v) is 24.2. The molecule has 7 aromatic carbocycles. The Bertz CT molecular complexity index is 3620. The minimum Gasteiger partial charge on any atom is -0.311 e. The number of fused-ring (bicyclic) bond motifs is 12. The Morgan fingerprint density at radius 3 is 1.78 bits per heavy atom. The molecule has 2 aromatic heterocycles. The molecule has 0 saturated carbocycles. The van der Waals surface area contributed by atoms with E-state index >= 15 is 0 Å². The summed E-state index contributed by atoms with van der Waals surface area (Å²) in [5.41, 5.74) is 19.9.